The average Bonchev–Trinajstić information content (AvgIpc) is 2.86. The number of aryl methyl sites for hydroxylation is 4. The Hall–Kier alpha value is -2.51. The summed E-state index contributed by atoms with van der Waals surface area (Å²) in [4.78, 5) is 0. The molecule has 2 heterocycles. The van der Waals surface area contributed by atoms with Crippen molar-refractivity contribution in [2.75, 3.05) is 0 Å². The smallest absolute Gasteiger partial charge is 0.319 e. The van der Waals surface area contributed by atoms with Gasteiger partial charge < -0.3 is 9.13 Å². The highest BCUT2D eigenvalue weighted by atomic mass is 15.3. The third-order valence-electron chi connectivity index (χ3n) is 2.69. The van der Waals surface area contributed by atoms with E-state index < -0.39 is 0 Å². The Labute approximate surface area is 110 Å². The zero-order chi connectivity index (χ0) is 13.8. The Morgan fingerprint density at radius 1 is 1.05 bits per heavy atom. The zero-order valence-corrected chi connectivity index (χ0v) is 11.5. The summed E-state index contributed by atoms with van der Waals surface area (Å²) < 4.78 is 7.47. The summed E-state index contributed by atoms with van der Waals surface area (Å²) in [6.07, 6.45) is 8.93. The van der Waals surface area contributed by atoms with Gasteiger partial charge in [-0.1, -0.05) is 5.11 Å². The van der Waals surface area contributed by atoms with Gasteiger partial charge in [0.05, 0.1) is 26.5 Å². The van der Waals surface area contributed by atoms with Crippen LogP contribution in [0.2, 0.25) is 0 Å². The van der Waals surface area contributed by atoms with Crippen LogP contribution in [0.1, 0.15) is 0 Å². The van der Waals surface area contributed by atoms with Crippen LogP contribution < -0.4 is 10.2 Å². The normalized spacial score (nSPS) is 11.8. The Kier molecular flexibility index (Phi) is 3.69. The number of nitrogens with zero attached hydrogens (tertiary/aromatic N) is 8. The van der Waals surface area contributed by atoms with E-state index >= 15 is 0 Å². The highest BCUT2D eigenvalue weighted by molar-refractivity contribution is 5.54. The van der Waals surface area contributed by atoms with E-state index in [2.05, 4.69) is 20.4 Å². The first-order valence-corrected chi connectivity index (χ1v) is 5.75. The van der Waals surface area contributed by atoms with Gasteiger partial charge in [-0.3, -0.25) is 0 Å². The second-order valence-electron chi connectivity index (χ2n) is 4.19. The van der Waals surface area contributed by atoms with Crippen molar-refractivity contribution in [2.45, 2.75) is 0 Å². The molecular formula is C11H17N8+. The average molecular weight is 261 g/mol. The first-order chi connectivity index (χ1) is 9.09. The molecule has 0 saturated heterocycles. The lowest BCUT2D eigenvalue weighted by Gasteiger charge is -1.89. The van der Waals surface area contributed by atoms with E-state index in [-0.39, 0.29) is 0 Å². The molecule has 8 heteroatoms. The fourth-order valence-electron chi connectivity index (χ4n) is 1.62. The molecule has 8 nitrogen and oxygen atoms in total. The summed E-state index contributed by atoms with van der Waals surface area (Å²) in [5.74, 6) is 0.732. The van der Waals surface area contributed by atoms with Crippen LogP contribution in [-0.2, 0) is 28.2 Å². The van der Waals surface area contributed by atoms with Crippen LogP contribution in [0.3, 0.4) is 0 Å². The molecule has 100 valence electrons. The van der Waals surface area contributed by atoms with Gasteiger partial charge in [0.15, 0.2) is 6.34 Å². The van der Waals surface area contributed by atoms with Crippen LogP contribution in [0, 0.1) is 0 Å². The fourth-order valence-corrected chi connectivity index (χ4v) is 1.62. The molecule has 0 atom stereocenters. The minimum absolute atomic E-state index is 0.732. The van der Waals surface area contributed by atoms with Gasteiger partial charge in [0.1, 0.15) is 0 Å². The van der Waals surface area contributed by atoms with E-state index in [0.29, 0.717) is 0 Å². The Balaban J connectivity index is 2.12. The highest BCUT2D eigenvalue weighted by Crippen LogP contribution is 2.02. The summed E-state index contributed by atoms with van der Waals surface area (Å²) >= 11 is 0. The molecule has 0 aromatic carbocycles. The third kappa shape index (κ3) is 2.84. The lowest BCUT2D eigenvalue weighted by atomic mass is 10.9. The molecule has 0 aliphatic rings. The molecular weight excluding hydrogens is 244 g/mol. The molecule has 0 aliphatic carbocycles. The molecule has 0 fully saturated rings. The maximum absolute atomic E-state index is 4.06. The van der Waals surface area contributed by atoms with Crippen LogP contribution in [-0.4, -0.2) is 20.0 Å². The van der Waals surface area contributed by atoms with Crippen molar-refractivity contribution < 1.29 is 4.57 Å². The summed E-state index contributed by atoms with van der Waals surface area (Å²) in [5, 5.41) is 15.9. The van der Waals surface area contributed by atoms with Crippen LogP contribution in [0.4, 0.5) is 5.95 Å². The van der Waals surface area contributed by atoms with E-state index in [1.165, 1.54) is 6.34 Å². The molecule has 0 N–H and O–H groups in total. The summed E-state index contributed by atoms with van der Waals surface area (Å²) in [7, 11) is 7.61. The summed E-state index contributed by atoms with van der Waals surface area (Å²) in [5.41, 5.74) is 0.732. The zero-order valence-electron chi connectivity index (χ0n) is 11.5. The van der Waals surface area contributed by atoms with E-state index in [9.17, 15) is 0 Å². The van der Waals surface area contributed by atoms with E-state index in [1.807, 2.05) is 71.2 Å². The molecule has 0 bridgehead atoms. The lowest BCUT2D eigenvalue weighted by molar-refractivity contribution is -0.657. The van der Waals surface area contributed by atoms with Gasteiger partial charge in [0, 0.05) is 31.6 Å². The van der Waals surface area contributed by atoms with Crippen molar-refractivity contribution in [3.63, 3.8) is 0 Å². The molecule has 0 amide bonds. The van der Waals surface area contributed by atoms with E-state index in [1.54, 1.807) is 0 Å². The van der Waals surface area contributed by atoms with Gasteiger partial charge in [0.25, 0.3) is 0 Å². The number of hydrogen-bond acceptors (Lipinski definition) is 3. The van der Waals surface area contributed by atoms with Gasteiger partial charge in [-0.25, -0.2) is 9.13 Å². The summed E-state index contributed by atoms with van der Waals surface area (Å²) in [6, 6.07) is 0. The number of hydrogen-bond donors (Lipinski definition) is 0. The van der Waals surface area contributed by atoms with Crippen molar-refractivity contribution in [1.29, 1.82) is 0 Å². The molecule has 0 spiro atoms. The standard InChI is InChI=1S/C11H17N8/c1-16-5-6-17(2)10(16)14-12-9-13-15-11-18(3)7-8-19(11)4/h5-9H,1-4H3/q+1. The molecule has 0 radical (unpaired) electrons. The van der Waals surface area contributed by atoms with Crippen LogP contribution >= 0.6 is 0 Å². The molecule has 2 aromatic rings. The van der Waals surface area contributed by atoms with Gasteiger partial charge in [-0.2, -0.15) is 0 Å². The fraction of sp³-hybridized carbons (Fsp3) is 0.364. The molecule has 19 heavy (non-hydrogen) atoms. The Bertz CT molecular complexity index is 640. The molecule has 0 saturated carbocycles. The number of aromatic nitrogens is 4. The van der Waals surface area contributed by atoms with Crippen molar-refractivity contribution in [3.05, 3.63) is 30.4 Å². The maximum atomic E-state index is 4.06. The lowest BCUT2D eigenvalue weighted by Crippen LogP contribution is -2.25. The quantitative estimate of drug-likeness (QED) is 0.248. The molecule has 0 aliphatic heterocycles. The Morgan fingerprint density at radius 3 is 2.32 bits per heavy atom. The van der Waals surface area contributed by atoms with Crippen LogP contribution in [0.15, 0.2) is 45.2 Å². The van der Waals surface area contributed by atoms with Crippen molar-refractivity contribution in [3.8, 4) is 0 Å². The first kappa shape index (κ1) is 12.9. The molecule has 2 rings (SSSR count). The monoisotopic (exact) mass is 261 g/mol. The predicted molar refractivity (Wildman–Crippen MR) is 69.5 cm³/mol. The van der Waals surface area contributed by atoms with E-state index in [0.717, 1.165) is 11.6 Å². The van der Waals surface area contributed by atoms with Crippen molar-refractivity contribution in [2.24, 2.45) is 48.6 Å². The SMILES string of the molecule is Cn1cc[n+](C)c1/N=N/C=N/N=c1n(C)ccn1C. The second kappa shape index (κ2) is 5.42. The largest absolute Gasteiger partial charge is 0.421 e. The molecule has 0 unspecified atom stereocenters. The predicted octanol–water partition coefficient (Wildman–Crippen LogP) is 0.154. The highest BCUT2D eigenvalue weighted by Gasteiger charge is 2.09. The van der Waals surface area contributed by atoms with Gasteiger partial charge in [-0.15, -0.1) is 10.2 Å². The van der Waals surface area contributed by atoms with Gasteiger partial charge in [-0.05, 0) is 0 Å². The first-order valence-electron chi connectivity index (χ1n) is 5.75. The van der Waals surface area contributed by atoms with Crippen LogP contribution in [0.5, 0.6) is 0 Å². The minimum atomic E-state index is 0.732. The Morgan fingerprint density at radius 2 is 1.74 bits per heavy atom. The number of imidazole rings is 2. The van der Waals surface area contributed by atoms with Gasteiger partial charge in [0.2, 0.25) is 5.62 Å². The number of rotatable bonds is 3. The van der Waals surface area contributed by atoms with E-state index in [4.69, 9.17) is 0 Å². The van der Waals surface area contributed by atoms with Crippen LogP contribution in [0.25, 0.3) is 0 Å². The summed E-state index contributed by atoms with van der Waals surface area (Å²) in [6.45, 7) is 0. The van der Waals surface area contributed by atoms with Crippen molar-refractivity contribution in [1.82, 2.24) is 13.7 Å². The maximum Gasteiger partial charge on any atom is 0.421 e. The van der Waals surface area contributed by atoms with Gasteiger partial charge >= 0.3 is 5.95 Å². The topological polar surface area (TPSA) is 68.1 Å². The third-order valence-corrected chi connectivity index (χ3v) is 2.69. The minimum Gasteiger partial charge on any atom is -0.319 e. The second-order valence-corrected chi connectivity index (χ2v) is 4.19. The van der Waals surface area contributed by atoms with Crippen molar-refractivity contribution >= 4 is 12.3 Å². The number of azo groups is 1. The molecule has 2 aromatic heterocycles.